The molecular formula is C89H216Si4. The summed E-state index contributed by atoms with van der Waals surface area (Å²) >= 11 is 0. The van der Waals surface area contributed by atoms with Crippen LogP contribution in [0.3, 0.4) is 0 Å². The van der Waals surface area contributed by atoms with Crippen LogP contribution in [0.15, 0.2) is 0 Å². The molecule has 0 spiro atoms. The van der Waals surface area contributed by atoms with Gasteiger partial charge in [0.1, 0.15) is 0 Å². The molecule has 0 radical (unpaired) electrons. The Labute approximate surface area is 635 Å². The molecule has 0 aromatic heterocycles. The highest BCUT2D eigenvalue weighted by atomic mass is 28.3. The molecule has 0 amide bonds. The van der Waals surface area contributed by atoms with E-state index in [-0.39, 0.29) is 81.0 Å². The minimum atomic E-state index is -2.83. The van der Waals surface area contributed by atoms with E-state index in [0.29, 0.717) is 32.5 Å². The third-order valence-electron chi connectivity index (χ3n) is 14.3. The standard InChI is InChI=1S/C13H28.C12H28Si.2C11H24.2C10H24Si.C8H18.C7H18Si.7CH4/c2*1-11(2,3)9-13(7,8)10-12(4,5)6;4*1-9(2)7-11(5,6)8-10(3)4;2*1-6-8(4,5)7(2)3;;;;;;;/h2*9-10H2,1-8H3;4*9-10H,7-8H2,1-6H3;2*7H,6H2,1-5H3;7*1H4/i;;9D,10D;;9D,10D;;2*2D3,6D2,7D;;;;;;;. The Bertz CT molecular complexity index is 1820. The molecule has 0 fully saturated rings. The van der Waals surface area contributed by atoms with Crippen LogP contribution in [0.4, 0.5) is 0 Å². The number of hydrogen-bond donors (Lipinski definition) is 0. The molecule has 0 rings (SSSR count). The molecule has 0 aliphatic carbocycles. The first-order valence-electron chi connectivity index (χ1n) is 42.8. The van der Waals surface area contributed by atoms with E-state index in [9.17, 15) is 0 Å². The van der Waals surface area contributed by atoms with Gasteiger partial charge >= 0.3 is 0 Å². The fourth-order valence-electron chi connectivity index (χ4n) is 14.8. The van der Waals surface area contributed by atoms with Crippen molar-refractivity contribution in [2.24, 2.45) is 96.5 Å². The third kappa shape index (κ3) is 112. The Kier molecular flexibility index (Phi) is 55.5. The topological polar surface area (TPSA) is 0 Å². The molecule has 4 heteroatoms. The van der Waals surface area contributed by atoms with E-state index < -0.39 is 75.2 Å². The highest BCUT2D eigenvalue weighted by molar-refractivity contribution is 6.79. The lowest BCUT2D eigenvalue weighted by molar-refractivity contribution is 0.143. The smallest absolute Gasteiger partial charge is 0.0496 e. The van der Waals surface area contributed by atoms with E-state index in [2.05, 4.69) is 219 Å². The van der Waals surface area contributed by atoms with Crippen LogP contribution in [0.2, 0.25) is 100 Å². The highest BCUT2D eigenvalue weighted by Gasteiger charge is 2.33. The lowest BCUT2D eigenvalue weighted by Gasteiger charge is -2.37. The number of rotatable bonds is 24. The van der Waals surface area contributed by atoms with Gasteiger partial charge < -0.3 is 0 Å². The first-order valence-corrected chi connectivity index (χ1v) is 48.1. The molecule has 0 N–H and O–H groups in total. The Morgan fingerprint density at radius 3 is 0.731 bits per heavy atom. The summed E-state index contributed by atoms with van der Waals surface area (Å²) in [5, 5.41) is 0. The fraction of sp³-hybridized carbons (Fsp3) is 1.00. The zero-order valence-corrected chi connectivity index (χ0v) is 73.8. The van der Waals surface area contributed by atoms with Crippen molar-refractivity contribution < 1.29 is 21.9 Å². The van der Waals surface area contributed by atoms with Gasteiger partial charge in [-0.15, -0.1) is 0 Å². The van der Waals surface area contributed by atoms with Crippen molar-refractivity contribution in [1.29, 1.82) is 0 Å². The predicted molar refractivity (Wildman–Crippen MR) is 476 cm³/mol. The maximum absolute atomic E-state index is 7.90. The molecule has 0 saturated heterocycles. The zero-order valence-electron chi connectivity index (χ0n) is 85.8. The van der Waals surface area contributed by atoms with Gasteiger partial charge in [0.25, 0.3) is 0 Å². The first kappa shape index (κ1) is 90.0. The minimum Gasteiger partial charge on any atom is -0.0776 e. The molecule has 0 nitrogen and oxygen atoms in total. The van der Waals surface area contributed by atoms with Gasteiger partial charge in [0.05, 0.1) is 0 Å². The summed E-state index contributed by atoms with van der Waals surface area (Å²) in [4.78, 5) is 0. The van der Waals surface area contributed by atoms with Gasteiger partial charge in [0, 0.05) is 54.2 Å². The summed E-state index contributed by atoms with van der Waals surface area (Å²) in [7, 11) is -5.98. The van der Waals surface area contributed by atoms with Crippen molar-refractivity contribution in [3.05, 3.63) is 0 Å². The summed E-state index contributed by atoms with van der Waals surface area (Å²) in [5.41, 5.74) is 0.129. The van der Waals surface area contributed by atoms with Gasteiger partial charge in [-0.3, -0.25) is 0 Å². The third-order valence-corrected chi connectivity index (χ3v) is 28.7. The predicted octanol–water partition coefficient (Wildman–Crippen LogP) is 36.6. The lowest BCUT2D eigenvalue weighted by atomic mass is 9.69. The summed E-state index contributed by atoms with van der Waals surface area (Å²) in [6.45, 7) is 97.5. The van der Waals surface area contributed by atoms with Gasteiger partial charge in [-0.05, 0) is 135 Å². The van der Waals surface area contributed by atoms with E-state index >= 15 is 0 Å². The van der Waals surface area contributed by atoms with Crippen LogP contribution in [0.25, 0.3) is 0 Å². The Morgan fingerprint density at radius 1 is 0.323 bits per heavy atom. The van der Waals surface area contributed by atoms with Crippen LogP contribution >= 0.6 is 0 Å². The average molecular weight is 1420 g/mol. The SMILES string of the molecule is C.C.C.C.C.C.C.CC(C)(C)CC(C)(C)CC(C)(C)C.CC(C)(C)C[Si](C)(C)CC(C)(C)C.CC(C)CC(C)(C)CC(C)C.CC(C)C[Si](C)(C)CC(C)C.[2H]C(C)(C)CC(C)(C)CC([2H])(C)C.[2H]C(C)(C)C[Si](C)(C)CC([2H])(C)C.[2H]C([2H])([2H])C([2H])(C)C(C)(C)C([2H])([2H])C.[2H]C([2H])([2H])C([2H])(C)[Si](C)(C)C([2H])([2H])C. The van der Waals surface area contributed by atoms with Crippen molar-refractivity contribution in [3.8, 4) is 0 Å². The Hall–Kier alpha value is 0.868. The van der Waals surface area contributed by atoms with Crippen molar-refractivity contribution in [1.82, 2.24) is 0 Å². The Balaban J connectivity index is -0.0000000707. The van der Waals surface area contributed by atoms with Crippen LogP contribution in [0.5, 0.6) is 0 Å². The fourth-order valence-corrected chi connectivity index (χ4v) is 29.6. The van der Waals surface area contributed by atoms with Crippen LogP contribution < -0.4 is 0 Å². The molecule has 0 bridgehead atoms. The molecule has 2 atom stereocenters. The van der Waals surface area contributed by atoms with Crippen molar-refractivity contribution in [2.45, 2.75) is 488 Å². The van der Waals surface area contributed by atoms with E-state index in [4.69, 9.17) is 21.9 Å². The normalized spacial score (nSPS) is 17.3. The number of hydrogen-bond acceptors (Lipinski definition) is 0. The van der Waals surface area contributed by atoms with Gasteiger partial charge in [0.15, 0.2) is 0 Å². The molecule has 0 saturated carbocycles. The zero-order chi connectivity index (χ0) is 85.8. The van der Waals surface area contributed by atoms with Crippen LogP contribution in [0.1, 0.15) is 409 Å². The molecule has 0 aliphatic rings. The lowest BCUT2D eigenvalue weighted by Crippen LogP contribution is -2.35. The molecular weight excluding hydrogens is 1180 g/mol. The second-order valence-corrected chi connectivity index (χ2v) is 60.6. The van der Waals surface area contributed by atoms with Crippen molar-refractivity contribution in [2.75, 3.05) is 0 Å². The van der Waals surface area contributed by atoms with Gasteiger partial charge in [-0.25, -0.2) is 0 Å². The largest absolute Gasteiger partial charge is 0.0776 e. The first-order chi connectivity index (χ1) is 42.8. The van der Waals surface area contributed by atoms with E-state index in [0.717, 1.165) is 48.6 Å². The molecule has 2 unspecified atom stereocenters. The summed E-state index contributed by atoms with van der Waals surface area (Å²) in [5.74, 6) is -1.31. The van der Waals surface area contributed by atoms with Gasteiger partial charge in [0.2, 0.25) is 0 Å². The van der Waals surface area contributed by atoms with Crippen LogP contribution in [-0.4, -0.2) is 32.3 Å². The molecule has 0 aromatic carbocycles. The summed E-state index contributed by atoms with van der Waals surface area (Å²) in [6, 6.07) is 7.84. The Morgan fingerprint density at radius 2 is 0.581 bits per heavy atom. The van der Waals surface area contributed by atoms with Crippen molar-refractivity contribution >= 4 is 32.3 Å². The second-order valence-electron chi connectivity index (χ2n) is 40.9. The molecule has 0 aromatic rings. The van der Waals surface area contributed by atoms with Crippen LogP contribution in [0, 0.1) is 96.5 Å². The van der Waals surface area contributed by atoms with E-state index in [1.807, 2.05) is 55.4 Å². The summed E-state index contributed by atoms with van der Waals surface area (Å²) < 4.78 is 121. The van der Waals surface area contributed by atoms with Crippen LogP contribution in [-0.2, 0) is 0 Å². The van der Waals surface area contributed by atoms with E-state index in [1.54, 1.807) is 13.1 Å². The van der Waals surface area contributed by atoms with Gasteiger partial charge in [-0.2, -0.15) is 0 Å². The molecule has 0 aliphatic heterocycles. The van der Waals surface area contributed by atoms with E-state index in [1.165, 1.54) is 91.4 Å². The quantitative estimate of drug-likeness (QED) is 0.0845. The molecule has 93 heavy (non-hydrogen) atoms. The summed E-state index contributed by atoms with van der Waals surface area (Å²) in [6.07, 6.45) is 5.30. The highest BCUT2D eigenvalue weighted by Crippen LogP contribution is 2.42. The maximum Gasteiger partial charge on any atom is 0.0496 e. The average Bonchev–Trinajstić information content (AvgIpc) is 0.757. The van der Waals surface area contributed by atoms with Gasteiger partial charge in [-0.1, -0.05) is 449 Å². The molecule has 0 heterocycles. The van der Waals surface area contributed by atoms with Crippen molar-refractivity contribution in [3.63, 3.8) is 0 Å². The molecule has 588 valence electrons. The maximum atomic E-state index is 7.90. The monoisotopic (exact) mass is 1410 g/mol. The second kappa shape index (κ2) is 57.4. The minimum absolute atomic E-state index is 0.